The molecule has 0 bridgehead atoms. The van der Waals surface area contributed by atoms with E-state index >= 15 is 0 Å². The van der Waals surface area contributed by atoms with Gasteiger partial charge in [-0.25, -0.2) is 4.79 Å². The Morgan fingerprint density at radius 2 is 2.12 bits per heavy atom. The Hall–Kier alpha value is -1.95. The monoisotopic (exact) mass is 362 g/mol. The summed E-state index contributed by atoms with van der Waals surface area (Å²) < 4.78 is 11.2. The molecule has 0 aromatic rings. The van der Waals surface area contributed by atoms with Gasteiger partial charge >= 0.3 is 11.9 Å². The molecule has 0 unspecified atom stereocenters. The van der Waals surface area contributed by atoms with E-state index in [1.54, 1.807) is 19.9 Å². The van der Waals surface area contributed by atoms with Gasteiger partial charge in [-0.1, -0.05) is 33.4 Å². The molecular weight excluding hydrogens is 336 g/mol. The van der Waals surface area contributed by atoms with E-state index in [1.807, 2.05) is 13.8 Å². The number of esters is 2. The quantitative estimate of drug-likeness (QED) is 0.608. The normalized spacial score (nSPS) is 42.7. The van der Waals surface area contributed by atoms with Crippen LogP contribution >= 0.6 is 0 Å². The molecule has 0 spiro atoms. The molecular formula is C20H26O6. The number of rotatable bonds is 3. The van der Waals surface area contributed by atoms with Crippen molar-refractivity contribution in [2.75, 3.05) is 0 Å². The highest BCUT2D eigenvalue weighted by Gasteiger charge is 2.64. The molecule has 1 N–H and O–H groups in total. The first kappa shape index (κ1) is 18.8. The predicted molar refractivity (Wildman–Crippen MR) is 92.8 cm³/mol. The van der Waals surface area contributed by atoms with Crippen LogP contribution in [0.1, 0.15) is 34.1 Å². The highest BCUT2D eigenvalue weighted by molar-refractivity contribution is 5.99. The SMILES string of the molecule is C=C1C(=O)O[C@@H]2[C@H](O)[C@@H](C)[C@@H]3C=CC(=O)[C@@]3(C)[C@@H](OC(=O)[C@H](C)CC)[C@H]12. The van der Waals surface area contributed by atoms with Crippen molar-refractivity contribution in [3.05, 3.63) is 24.3 Å². The lowest BCUT2D eigenvalue weighted by Gasteiger charge is -2.39. The van der Waals surface area contributed by atoms with Gasteiger partial charge in [0.05, 0.1) is 23.4 Å². The lowest BCUT2D eigenvalue weighted by Crippen LogP contribution is -2.49. The minimum absolute atomic E-state index is 0.143. The van der Waals surface area contributed by atoms with Crippen molar-refractivity contribution in [2.45, 2.75) is 52.4 Å². The summed E-state index contributed by atoms with van der Waals surface area (Å²) in [6.45, 7) is 11.0. The van der Waals surface area contributed by atoms with Crippen LogP contribution in [-0.4, -0.2) is 41.1 Å². The van der Waals surface area contributed by atoms with Crippen LogP contribution in [0, 0.1) is 29.1 Å². The molecule has 6 heteroatoms. The minimum Gasteiger partial charge on any atom is -0.460 e. The van der Waals surface area contributed by atoms with Gasteiger partial charge in [0.15, 0.2) is 5.78 Å². The molecule has 1 heterocycles. The number of ether oxygens (including phenoxy) is 2. The van der Waals surface area contributed by atoms with Gasteiger partial charge in [0.2, 0.25) is 0 Å². The van der Waals surface area contributed by atoms with Gasteiger partial charge in [0.1, 0.15) is 12.2 Å². The van der Waals surface area contributed by atoms with E-state index in [1.165, 1.54) is 6.08 Å². The number of ketones is 1. The first-order valence-corrected chi connectivity index (χ1v) is 9.15. The van der Waals surface area contributed by atoms with Gasteiger partial charge in [-0.05, 0) is 31.3 Å². The number of aliphatic hydroxyl groups is 1. The van der Waals surface area contributed by atoms with Crippen molar-refractivity contribution in [1.29, 1.82) is 0 Å². The van der Waals surface area contributed by atoms with Crippen LogP contribution in [0.5, 0.6) is 0 Å². The Bertz CT molecular complexity index is 694. The van der Waals surface area contributed by atoms with E-state index in [0.29, 0.717) is 6.42 Å². The summed E-state index contributed by atoms with van der Waals surface area (Å²) in [5.74, 6) is -2.96. The largest absolute Gasteiger partial charge is 0.460 e. The third-order valence-electron chi connectivity index (χ3n) is 6.56. The molecule has 2 aliphatic carbocycles. The summed E-state index contributed by atoms with van der Waals surface area (Å²) in [5, 5.41) is 10.8. The second-order valence-electron chi connectivity index (χ2n) is 7.97. The third-order valence-corrected chi connectivity index (χ3v) is 6.56. The summed E-state index contributed by atoms with van der Waals surface area (Å²) in [6, 6.07) is 0. The summed E-state index contributed by atoms with van der Waals surface area (Å²) in [7, 11) is 0. The molecule has 0 amide bonds. The maximum Gasteiger partial charge on any atom is 0.334 e. The molecule has 8 atom stereocenters. The third kappa shape index (κ3) is 2.46. The molecule has 0 aromatic carbocycles. The fraction of sp³-hybridized carbons (Fsp3) is 0.650. The highest BCUT2D eigenvalue weighted by Crippen LogP contribution is 2.54. The van der Waals surface area contributed by atoms with Crippen LogP contribution in [0.25, 0.3) is 0 Å². The molecule has 142 valence electrons. The molecule has 1 saturated heterocycles. The molecule has 3 aliphatic rings. The van der Waals surface area contributed by atoms with Crippen LogP contribution in [0.2, 0.25) is 0 Å². The Kier molecular flexibility index (Phi) is 4.59. The van der Waals surface area contributed by atoms with Crippen LogP contribution in [-0.2, 0) is 23.9 Å². The summed E-state index contributed by atoms with van der Waals surface area (Å²) in [6.07, 6.45) is 1.09. The number of allylic oxidation sites excluding steroid dienone is 2. The molecule has 26 heavy (non-hydrogen) atoms. The van der Waals surface area contributed by atoms with Gasteiger partial charge in [0, 0.05) is 5.57 Å². The number of hydrogen-bond donors (Lipinski definition) is 1. The standard InChI is InChI=1S/C20H26O6/c1-6-9(2)18(23)26-17-14-11(4)19(24)25-16(14)15(22)10(3)12-7-8-13(21)20(12,17)5/h7-10,12,14-17,22H,4,6H2,1-3,5H3/t9-,10+,12+,14-,15-,16+,17+,20+/m1/s1. The van der Waals surface area contributed by atoms with Gasteiger partial charge in [-0.15, -0.1) is 0 Å². The molecule has 6 nitrogen and oxygen atoms in total. The zero-order valence-corrected chi connectivity index (χ0v) is 15.6. The smallest absolute Gasteiger partial charge is 0.334 e. The summed E-state index contributed by atoms with van der Waals surface area (Å²) >= 11 is 0. The molecule has 1 aliphatic heterocycles. The summed E-state index contributed by atoms with van der Waals surface area (Å²) in [4.78, 5) is 37.5. The Morgan fingerprint density at radius 1 is 1.46 bits per heavy atom. The van der Waals surface area contributed by atoms with Gasteiger partial charge < -0.3 is 14.6 Å². The zero-order valence-electron chi connectivity index (χ0n) is 15.6. The lowest BCUT2D eigenvalue weighted by molar-refractivity contribution is -0.169. The number of hydrogen-bond acceptors (Lipinski definition) is 6. The second-order valence-corrected chi connectivity index (χ2v) is 7.97. The van der Waals surface area contributed by atoms with Gasteiger partial charge in [-0.2, -0.15) is 0 Å². The van der Waals surface area contributed by atoms with Crippen molar-refractivity contribution in [1.82, 2.24) is 0 Å². The number of aliphatic hydroxyl groups excluding tert-OH is 1. The van der Waals surface area contributed by atoms with E-state index < -0.39 is 41.6 Å². The maximum absolute atomic E-state index is 12.8. The molecule has 0 aromatic heterocycles. The van der Waals surface area contributed by atoms with Crippen molar-refractivity contribution in [2.24, 2.45) is 29.1 Å². The minimum atomic E-state index is -1.07. The van der Waals surface area contributed by atoms with Crippen molar-refractivity contribution in [3.8, 4) is 0 Å². The van der Waals surface area contributed by atoms with E-state index in [9.17, 15) is 19.5 Å². The van der Waals surface area contributed by atoms with Gasteiger partial charge in [0.25, 0.3) is 0 Å². The van der Waals surface area contributed by atoms with E-state index in [4.69, 9.17) is 9.47 Å². The first-order valence-electron chi connectivity index (χ1n) is 9.15. The Labute approximate surface area is 153 Å². The fourth-order valence-electron chi connectivity index (χ4n) is 4.52. The average molecular weight is 362 g/mol. The highest BCUT2D eigenvalue weighted by atomic mass is 16.6. The van der Waals surface area contributed by atoms with Crippen molar-refractivity contribution < 1.29 is 29.0 Å². The average Bonchev–Trinajstić information content (AvgIpc) is 3.06. The summed E-state index contributed by atoms with van der Waals surface area (Å²) in [5.41, 5.74) is -0.926. The molecule has 2 fully saturated rings. The van der Waals surface area contributed by atoms with Crippen LogP contribution < -0.4 is 0 Å². The number of fused-ring (bicyclic) bond motifs is 2. The van der Waals surface area contributed by atoms with Crippen molar-refractivity contribution in [3.63, 3.8) is 0 Å². The first-order chi connectivity index (χ1) is 12.1. The second kappa shape index (κ2) is 6.34. The Morgan fingerprint density at radius 3 is 2.73 bits per heavy atom. The molecule has 0 radical (unpaired) electrons. The zero-order chi connectivity index (χ0) is 19.4. The van der Waals surface area contributed by atoms with E-state index in [0.717, 1.165) is 0 Å². The Balaban J connectivity index is 2.11. The molecule has 3 rings (SSSR count). The van der Waals surface area contributed by atoms with E-state index in [-0.39, 0.29) is 29.1 Å². The number of carbonyl (C=O) groups is 3. The maximum atomic E-state index is 12.8. The predicted octanol–water partition coefficient (Wildman–Crippen LogP) is 1.81. The fourth-order valence-corrected chi connectivity index (χ4v) is 4.52. The van der Waals surface area contributed by atoms with Crippen LogP contribution in [0.3, 0.4) is 0 Å². The van der Waals surface area contributed by atoms with Crippen LogP contribution in [0.4, 0.5) is 0 Å². The number of carbonyl (C=O) groups excluding carboxylic acids is 3. The lowest BCUT2D eigenvalue weighted by atomic mass is 9.67. The van der Waals surface area contributed by atoms with Crippen LogP contribution in [0.15, 0.2) is 24.3 Å². The van der Waals surface area contributed by atoms with Crippen molar-refractivity contribution >= 4 is 17.7 Å². The van der Waals surface area contributed by atoms with E-state index in [2.05, 4.69) is 6.58 Å². The van der Waals surface area contributed by atoms with Gasteiger partial charge in [-0.3, -0.25) is 9.59 Å². The molecule has 1 saturated carbocycles. The topological polar surface area (TPSA) is 89.9 Å².